The molecule has 3 aromatic rings. The van der Waals surface area contributed by atoms with Crippen LogP contribution in [0.25, 0.3) is 10.9 Å². The third-order valence-electron chi connectivity index (χ3n) is 3.25. The second kappa shape index (κ2) is 5.43. The van der Waals surface area contributed by atoms with Gasteiger partial charge in [0.15, 0.2) is 6.20 Å². The number of Topliss-reactive ketones (excluding diaryl/α,β-unsaturated/α-hetero) is 1. The van der Waals surface area contributed by atoms with E-state index in [0.717, 1.165) is 16.5 Å². The van der Waals surface area contributed by atoms with Gasteiger partial charge in [0, 0.05) is 28.1 Å². The molecule has 3 rings (SSSR count). The molecule has 0 aliphatic rings. The first kappa shape index (κ1) is 12.8. The third kappa shape index (κ3) is 2.56. The molecule has 0 spiro atoms. The lowest BCUT2D eigenvalue weighted by atomic mass is 10.1. The van der Waals surface area contributed by atoms with Crippen LogP contribution in [-0.2, 0) is 6.54 Å². The zero-order chi connectivity index (χ0) is 13.9. The van der Waals surface area contributed by atoms with Crippen LogP contribution in [0.3, 0.4) is 0 Å². The van der Waals surface area contributed by atoms with E-state index in [-0.39, 0.29) is 5.78 Å². The summed E-state index contributed by atoms with van der Waals surface area (Å²) < 4.78 is 1.93. The Morgan fingerprint density at radius 2 is 1.80 bits per heavy atom. The highest BCUT2D eigenvalue weighted by Crippen LogP contribution is 2.16. The fraction of sp³-hybridized carbons (Fsp3) is 0.0588. The molecule has 0 N–H and O–H groups in total. The predicted octanol–water partition coefficient (Wildman–Crippen LogP) is 3.66. The Morgan fingerprint density at radius 3 is 2.60 bits per heavy atom. The van der Waals surface area contributed by atoms with Crippen LogP contribution in [0.2, 0.25) is 5.02 Å². The van der Waals surface area contributed by atoms with Gasteiger partial charge in [0.1, 0.15) is 0 Å². The quantitative estimate of drug-likeness (QED) is 0.530. The molecule has 0 amide bonds. The van der Waals surface area contributed by atoms with Crippen LogP contribution in [0.1, 0.15) is 10.4 Å². The highest BCUT2D eigenvalue weighted by Gasteiger charge is 2.15. The molecule has 0 saturated heterocycles. The third-order valence-corrected chi connectivity index (χ3v) is 3.49. The maximum Gasteiger partial charge on any atom is 0.227 e. The van der Waals surface area contributed by atoms with Crippen LogP contribution >= 0.6 is 11.6 Å². The van der Waals surface area contributed by atoms with Gasteiger partial charge in [-0.2, -0.15) is 4.57 Å². The van der Waals surface area contributed by atoms with Gasteiger partial charge in [0.25, 0.3) is 0 Å². The van der Waals surface area contributed by atoms with Crippen molar-refractivity contribution >= 4 is 28.3 Å². The summed E-state index contributed by atoms with van der Waals surface area (Å²) in [6.07, 6.45) is 1.90. The van der Waals surface area contributed by atoms with Crippen molar-refractivity contribution in [2.75, 3.05) is 0 Å². The summed E-state index contributed by atoms with van der Waals surface area (Å²) in [5.41, 5.74) is 1.68. The Labute approximate surface area is 122 Å². The molecule has 0 atom stereocenters. The van der Waals surface area contributed by atoms with Crippen LogP contribution < -0.4 is 4.57 Å². The van der Waals surface area contributed by atoms with E-state index in [0.29, 0.717) is 11.6 Å². The van der Waals surface area contributed by atoms with Gasteiger partial charge >= 0.3 is 0 Å². The topological polar surface area (TPSA) is 20.9 Å². The zero-order valence-corrected chi connectivity index (χ0v) is 11.5. The molecule has 2 aromatic carbocycles. The molecule has 0 radical (unpaired) electrons. The minimum atomic E-state index is 0.0862. The normalized spacial score (nSPS) is 10.7. The number of pyridine rings is 1. The molecule has 0 saturated carbocycles. The lowest BCUT2D eigenvalue weighted by Gasteiger charge is -2.02. The minimum absolute atomic E-state index is 0.0862. The largest absolute Gasteiger partial charge is 0.287 e. The van der Waals surface area contributed by atoms with Crippen LogP contribution in [0, 0.1) is 0 Å². The van der Waals surface area contributed by atoms with E-state index >= 15 is 0 Å². The maximum atomic E-state index is 12.3. The first-order valence-electron chi connectivity index (χ1n) is 6.40. The molecule has 0 aliphatic heterocycles. The fourth-order valence-electron chi connectivity index (χ4n) is 2.25. The van der Waals surface area contributed by atoms with Crippen molar-refractivity contribution in [2.45, 2.75) is 6.54 Å². The van der Waals surface area contributed by atoms with Crippen molar-refractivity contribution in [1.29, 1.82) is 0 Å². The van der Waals surface area contributed by atoms with E-state index in [1.165, 1.54) is 0 Å². The van der Waals surface area contributed by atoms with Gasteiger partial charge in [-0.25, -0.2) is 0 Å². The summed E-state index contributed by atoms with van der Waals surface area (Å²) in [6.45, 7) is 0.307. The Morgan fingerprint density at radius 1 is 1.00 bits per heavy atom. The Bertz CT molecular complexity index is 768. The van der Waals surface area contributed by atoms with E-state index in [2.05, 4.69) is 0 Å². The molecule has 0 bridgehead atoms. The van der Waals surface area contributed by atoms with Gasteiger partial charge in [0.05, 0.1) is 0 Å². The van der Waals surface area contributed by atoms with Crippen molar-refractivity contribution in [2.24, 2.45) is 0 Å². The molecule has 1 aromatic heterocycles. The smallest absolute Gasteiger partial charge is 0.227 e. The molecule has 0 unspecified atom stereocenters. The Balaban J connectivity index is 1.99. The van der Waals surface area contributed by atoms with Crippen molar-refractivity contribution < 1.29 is 9.36 Å². The molecular weight excluding hydrogens is 270 g/mol. The standard InChI is InChI=1S/C17H13ClNO/c18-15-9-8-13-7-4-10-19(16(13)11-15)12-17(20)14-5-2-1-3-6-14/h1-11H,12H2/q+1. The number of carbonyl (C=O) groups is 1. The second-order valence-electron chi connectivity index (χ2n) is 4.63. The van der Waals surface area contributed by atoms with Crippen molar-refractivity contribution in [1.82, 2.24) is 0 Å². The average molecular weight is 283 g/mol. The summed E-state index contributed by atoms with van der Waals surface area (Å²) in [5, 5.41) is 1.74. The number of halogens is 1. The molecule has 3 heteroatoms. The van der Waals surface area contributed by atoms with E-state index in [1.54, 1.807) is 0 Å². The van der Waals surface area contributed by atoms with Crippen LogP contribution in [-0.4, -0.2) is 5.78 Å². The van der Waals surface area contributed by atoms with Crippen molar-refractivity contribution in [3.8, 4) is 0 Å². The van der Waals surface area contributed by atoms with E-state index < -0.39 is 0 Å². The highest BCUT2D eigenvalue weighted by atomic mass is 35.5. The lowest BCUT2D eigenvalue weighted by molar-refractivity contribution is -0.657. The maximum absolute atomic E-state index is 12.3. The lowest BCUT2D eigenvalue weighted by Crippen LogP contribution is -2.38. The molecule has 1 heterocycles. The molecule has 0 fully saturated rings. The van der Waals surface area contributed by atoms with Gasteiger partial charge in [-0.1, -0.05) is 41.9 Å². The monoisotopic (exact) mass is 282 g/mol. The van der Waals surface area contributed by atoms with Crippen LogP contribution in [0.15, 0.2) is 66.9 Å². The second-order valence-corrected chi connectivity index (χ2v) is 5.06. The van der Waals surface area contributed by atoms with Gasteiger partial charge in [0.2, 0.25) is 17.8 Å². The van der Waals surface area contributed by atoms with Crippen molar-refractivity contribution in [3.63, 3.8) is 0 Å². The van der Waals surface area contributed by atoms with Gasteiger partial charge < -0.3 is 0 Å². The van der Waals surface area contributed by atoms with Gasteiger partial charge in [-0.05, 0) is 18.2 Å². The van der Waals surface area contributed by atoms with Crippen LogP contribution in [0.4, 0.5) is 0 Å². The summed E-state index contributed by atoms with van der Waals surface area (Å²) in [4.78, 5) is 12.3. The number of nitrogens with zero attached hydrogens (tertiary/aromatic N) is 1. The zero-order valence-electron chi connectivity index (χ0n) is 10.8. The van der Waals surface area contributed by atoms with Gasteiger partial charge in [-0.3, -0.25) is 4.79 Å². The number of fused-ring (bicyclic) bond motifs is 1. The molecular formula is C17H13ClNO+. The molecule has 98 valence electrons. The number of aromatic nitrogens is 1. The molecule has 2 nitrogen and oxygen atoms in total. The summed E-state index contributed by atoms with van der Waals surface area (Å²) in [7, 11) is 0. The minimum Gasteiger partial charge on any atom is -0.287 e. The number of benzene rings is 2. The summed E-state index contributed by atoms with van der Waals surface area (Å²) in [5.74, 6) is 0.0862. The Kier molecular flexibility index (Phi) is 3.48. The van der Waals surface area contributed by atoms with Crippen LogP contribution in [0.5, 0.6) is 0 Å². The highest BCUT2D eigenvalue weighted by molar-refractivity contribution is 6.31. The number of rotatable bonds is 3. The fourth-order valence-corrected chi connectivity index (χ4v) is 2.41. The number of hydrogen-bond acceptors (Lipinski definition) is 1. The summed E-state index contributed by atoms with van der Waals surface area (Å²) in [6, 6.07) is 19.0. The first-order valence-corrected chi connectivity index (χ1v) is 6.78. The van der Waals surface area contributed by atoms with E-state index in [9.17, 15) is 4.79 Å². The van der Waals surface area contributed by atoms with E-state index in [4.69, 9.17) is 11.6 Å². The predicted molar refractivity (Wildman–Crippen MR) is 79.9 cm³/mol. The average Bonchev–Trinajstić information content (AvgIpc) is 2.49. The Hall–Kier alpha value is -2.19. The SMILES string of the molecule is O=C(C[n+]1cccc2ccc(Cl)cc21)c1ccccc1. The first-order chi connectivity index (χ1) is 9.74. The summed E-state index contributed by atoms with van der Waals surface area (Å²) >= 11 is 6.05. The number of hydrogen-bond donors (Lipinski definition) is 0. The number of carbonyl (C=O) groups excluding carboxylic acids is 1. The number of ketones is 1. The van der Waals surface area contributed by atoms with Crippen molar-refractivity contribution in [3.05, 3.63) is 77.4 Å². The molecule has 0 aliphatic carbocycles. The van der Waals surface area contributed by atoms with Gasteiger partial charge in [-0.15, -0.1) is 0 Å². The van der Waals surface area contributed by atoms with E-state index in [1.807, 2.05) is 71.4 Å². The molecule has 20 heavy (non-hydrogen) atoms.